The molecule has 0 unspecified atom stereocenters. The Labute approximate surface area is 55.4 Å². The highest BCUT2D eigenvalue weighted by molar-refractivity contribution is 5.06. The first-order chi connectivity index (χ1) is 4.31. The molecule has 0 radical (unpaired) electrons. The maximum Gasteiger partial charge on any atom is 0.0755 e. The van der Waals surface area contributed by atoms with Crippen LogP contribution >= 0.6 is 0 Å². The molecule has 2 nitrogen and oxygen atoms in total. The van der Waals surface area contributed by atoms with Gasteiger partial charge in [-0.15, -0.1) is 0 Å². The lowest BCUT2D eigenvalue weighted by Crippen LogP contribution is -2.36. The lowest BCUT2D eigenvalue weighted by Gasteiger charge is -2.15. The van der Waals surface area contributed by atoms with Crippen LogP contribution in [0, 0.1) is 0 Å². The topological polar surface area (TPSA) is 35.2 Å². The number of ether oxygens (including phenoxy) is 1. The lowest BCUT2D eigenvalue weighted by atomic mass is 10.1. The van der Waals surface area contributed by atoms with Gasteiger partial charge in [0.05, 0.1) is 6.10 Å². The predicted molar refractivity (Wildman–Crippen MR) is 35.1 cm³/mol. The molecule has 0 bridgehead atoms. The van der Waals surface area contributed by atoms with Crippen LogP contribution in [0.1, 0.15) is 25.7 Å². The van der Waals surface area contributed by atoms with Crippen molar-refractivity contribution in [3.63, 3.8) is 0 Å². The molecule has 0 spiro atoms. The van der Waals surface area contributed by atoms with Gasteiger partial charge in [0.25, 0.3) is 0 Å². The first-order valence-corrected chi connectivity index (χ1v) is 3.72. The van der Waals surface area contributed by atoms with Crippen molar-refractivity contribution in [2.45, 2.75) is 37.3 Å². The smallest absolute Gasteiger partial charge is 0.0755 e. The van der Waals surface area contributed by atoms with Crippen molar-refractivity contribution < 1.29 is 4.74 Å². The molecule has 0 aromatic carbocycles. The second-order valence-electron chi connectivity index (χ2n) is 3.23. The Hall–Kier alpha value is -0.0800. The summed E-state index contributed by atoms with van der Waals surface area (Å²) in [7, 11) is 0. The van der Waals surface area contributed by atoms with E-state index in [9.17, 15) is 0 Å². The first-order valence-electron chi connectivity index (χ1n) is 3.72. The highest BCUT2D eigenvalue weighted by atomic mass is 16.5. The minimum atomic E-state index is 0.108. The van der Waals surface area contributed by atoms with Crippen molar-refractivity contribution in [2.24, 2.45) is 5.73 Å². The molecule has 2 heteroatoms. The standard InChI is InChI=1S/C7H13NO/c8-7(3-4-7)6-2-1-5-9-6/h6H,1-5,8H2/t6-/m0/s1. The van der Waals surface area contributed by atoms with E-state index in [-0.39, 0.29) is 5.54 Å². The Balaban J connectivity index is 1.97. The van der Waals surface area contributed by atoms with Crippen LogP contribution in [0.5, 0.6) is 0 Å². The molecule has 0 aromatic rings. The van der Waals surface area contributed by atoms with Gasteiger partial charge in [-0.1, -0.05) is 0 Å². The van der Waals surface area contributed by atoms with Crippen LogP contribution in [0.15, 0.2) is 0 Å². The van der Waals surface area contributed by atoms with E-state index in [1.54, 1.807) is 0 Å². The van der Waals surface area contributed by atoms with Crippen molar-refractivity contribution in [1.82, 2.24) is 0 Å². The van der Waals surface area contributed by atoms with Gasteiger partial charge in [-0.25, -0.2) is 0 Å². The van der Waals surface area contributed by atoms with E-state index in [4.69, 9.17) is 10.5 Å². The highest BCUT2D eigenvalue weighted by Gasteiger charge is 2.47. The van der Waals surface area contributed by atoms with Crippen LogP contribution < -0.4 is 5.73 Å². The van der Waals surface area contributed by atoms with E-state index in [0.717, 1.165) is 6.61 Å². The molecule has 1 heterocycles. The minimum absolute atomic E-state index is 0.108. The molecule has 1 aliphatic carbocycles. The van der Waals surface area contributed by atoms with Crippen LogP contribution in [0.2, 0.25) is 0 Å². The first kappa shape index (κ1) is 5.69. The molecule has 52 valence electrons. The zero-order chi connectivity index (χ0) is 6.32. The molecule has 1 saturated carbocycles. The molecule has 1 atom stereocenters. The summed E-state index contributed by atoms with van der Waals surface area (Å²) in [5, 5.41) is 0. The van der Waals surface area contributed by atoms with Crippen molar-refractivity contribution in [3.05, 3.63) is 0 Å². The van der Waals surface area contributed by atoms with Crippen LogP contribution in [-0.4, -0.2) is 18.2 Å². The summed E-state index contributed by atoms with van der Waals surface area (Å²) in [4.78, 5) is 0. The van der Waals surface area contributed by atoms with Crippen LogP contribution in [0.25, 0.3) is 0 Å². The van der Waals surface area contributed by atoms with Gasteiger partial charge in [0, 0.05) is 12.1 Å². The van der Waals surface area contributed by atoms with Gasteiger partial charge >= 0.3 is 0 Å². The van der Waals surface area contributed by atoms with Crippen molar-refractivity contribution >= 4 is 0 Å². The Kier molecular flexibility index (Phi) is 1.08. The molecule has 2 fully saturated rings. The van der Waals surface area contributed by atoms with Crippen molar-refractivity contribution in [2.75, 3.05) is 6.61 Å². The number of hydrogen-bond donors (Lipinski definition) is 1. The average molecular weight is 127 g/mol. The summed E-state index contributed by atoms with van der Waals surface area (Å²) < 4.78 is 5.45. The molecule has 9 heavy (non-hydrogen) atoms. The Bertz CT molecular complexity index is 114. The third-order valence-electron chi connectivity index (χ3n) is 2.40. The van der Waals surface area contributed by atoms with Gasteiger partial charge in [0.2, 0.25) is 0 Å². The Morgan fingerprint density at radius 1 is 1.44 bits per heavy atom. The van der Waals surface area contributed by atoms with E-state index >= 15 is 0 Å². The fraction of sp³-hybridized carbons (Fsp3) is 1.00. The van der Waals surface area contributed by atoms with Gasteiger partial charge < -0.3 is 10.5 Å². The average Bonchev–Trinajstić information content (AvgIpc) is 2.46. The summed E-state index contributed by atoms with van der Waals surface area (Å²) in [6.45, 7) is 0.934. The zero-order valence-corrected chi connectivity index (χ0v) is 5.60. The number of hydrogen-bond acceptors (Lipinski definition) is 2. The molecule has 2 aliphatic rings. The summed E-state index contributed by atoms with van der Waals surface area (Å²) in [5.41, 5.74) is 6.03. The van der Waals surface area contributed by atoms with E-state index in [1.165, 1.54) is 25.7 Å². The number of nitrogens with two attached hydrogens (primary N) is 1. The molecule has 1 aliphatic heterocycles. The van der Waals surface area contributed by atoms with Crippen molar-refractivity contribution in [1.29, 1.82) is 0 Å². The fourth-order valence-electron chi connectivity index (χ4n) is 1.50. The lowest BCUT2D eigenvalue weighted by molar-refractivity contribution is 0.0825. The second-order valence-corrected chi connectivity index (χ2v) is 3.23. The van der Waals surface area contributed by atoms with Gasteiger partial charge in [-0.3, -0.25) is 0 Å². The molecule has 2 N–H and O–H groups in total. The van der Waals surface area contributed by atoms with E-state index in [0.29, 0.717) is 6.10 Å². The van der Waals surface area contributed by atoms with Gasteiger partial charge in [-0.05, 0) is 25.7 Å². The van der Waals surface area contributed by atoms with Gasteiger partial charge in [0.1, 0.15) is 0 Å². The Morgan fingerprint density at radius 2 is 2.22 bits per heavy atom. The van der Waals surface area contributed by atoms with Crippen LogP contribution in [0.3, 0.4) is 0 Å². The van der Waals surface area contributed by atoms with Crippen LogP contribution in [-0.2, 0) is 4.74 Å². The molecule has 0 amide bonds. The summed E-state index contributed by atoms with van der Waals surface area (Å²) in [5.74, 6) is 0. The number of rotatable bonds is 1. The maximum atomic E-state index is 5.93. The van der Waals surface area contributed by atoms with E-state index in [2.05, 4.69) is 0 Å². The molecular formula is C7H13NO. The quantitative estimate of drug-likeness (QED) is 0.561. The normalized spacial score (nSPS) is 39.0. The molecule has 1 saturated heterocycles. The van der Waals surface area contributed by atoms with E-state index < -0.39 is 0 Å². The second kappa shape index (κ2) is 1.70. The SMILES string of the molecule is NC1([C@@H]2CCCO2)CC1. The minimum Gasteiger partial charge on any atom is -0.376 e. The predicted octanol–water partition coefficient (Wildman–Crippen LogP) is 0.657. The molecule has 2 rings (SSSR count). The summed E-state index contributed by atoms with van der Waals surface area (Å²) in [6.07, 6.45) is 5.16. The Morgan fingerprint density at radius 3 is 2.67 bits per heavy atom. The van der Waals surface area contributed by atoms with Crippen molar-refractivity contribution in [3.8, 4) is 0 Å². The third-order valence-corrected chi connectivity index (χ3v) is 2.40. The fourth-order valence-corrected chi connectivity index (χ4v) is 1.50. The highest BCUT2D eigenvalue weighted by Crippen LogP contribution is 2.40. The third kappa shape index (κ3) is 0.864. The zero-order valence-electron chi connectivity index (χ0n) is 5.60. The maximum absolute atomic E-state index is 5.93. The summed E-state index contributed by atoms with van der Waals surface area (Å²) >= 11 is 0. The van der Waals surface area contributed by atoms with Gasteiger partial charge in [0.15, 0.2) is 0 Å². The monoisotopic (exact) mass is 127 g/mol. The summed E-state index contributed by atoms with van der Waals surface area (Å²) in [6, 6.07) is 0. The van der Waals surface area contributed by atoms with E-state index in [1.807, 2.05) is 0 Å². The van der Waals surface area contributed by atoms with Crippen LogP contribution in [0.4, 0.5) is 0 Å². The molecule has 0 aromatic heterocycles. The molecular weight excluding hydrogens is 114 g/mol. The van der Waals surface area contributed by atoms with Gasteiger partial charge in [-0.2, -0.15) is 0 Å². The largest absolute Gasteiger partial charge is 0.376 e.